The van der Waals surface area contributed by atoms with Crippen LogP contribution in [0.15, 0.2) is 20.1 Å². The van der Waals surface area contributed by atoms with Gasteiger partial charge in [0.25, 0.3) is 0 Å². The zero-order chi connectivity index (χ0) is 10.4. The predicted molar refractivity (Wildman–Crippen MR) is 57.7 cm³/mol. The normalized spacial score (nSPS) is 35.8. The van der Waals surface area contributed by atoms with Crippen LogP contribution in [0.25, 0.3) is 0 Å². The van der Waals surface area contributed by atoms with Crippen molar-refractivity contribution in [3.05, 3.63) is 20.1 Å². The summed E-state index contributed by atoms with van der Waals surface area (Å²) in [7, 11) is 0. The summed E-state index contributed by atoms with van der Waals surface area (Å²) in [5.41, 5.74) is -1.48. The second kappa shape index (κ2) is 3.80. The Bertz CT molecular complexity index is 304. The molecule has 0 aliphatic heterocycles. The van der Waals surface area contributed by atoms with Gasteiger partial charge in [-0.15, -0.1) is 11.6 Å². The Hall–Kier alpha value is 0.890. The van der Waals surface area contributed by atoms with Gasteiger partial charge in [-0.05, 0) is 6.92 Å². The summed E-state index contributed by atoms with van der Waals surface area (Å²) in [6.45, 7) is 1.42. The molecule has 0 bridgehead atoms. The van der Waals surface area contributed by atoms with E-state index < -0.39 is 11.0 Å². The van der Waals surface area contributed by atoms with Gasteiger partial charge in [0.1, 0.15) is 11.0 Å². The zero-order valence-corrected chi connectivity index (χ0v) is 10.2. The van der Waals surface area contributed by atoms with Crippen molar-refractivity contribution >= 4 is 58.0 Å². The van der Waals surface area contributed by atoms with Crippen molar-refractivity contribution in [2.24, 2.45) is 0 Å². The van der Waals surface area contributed by atoms with Crippen LogP contribution < -0.4 is 0 Å². The van der Waals surface area contributed by atoms with Gasteiger partial charge in [-0.3, -0.25) is 0 Å². The molecular weight excluding hydrogens is 277 g/mol. The fourth-order valence-electron chi connectivity index (χ4n) is 0.893. The van der Waals surface area contributed by atoms with Gasteiger partial charge >= 0.3 is 0 Å². The monoisotopic (exact) mass is 280 g/mol. The van der Waals surface area contributed by atoms with Crippen molar-refractivity contribution in [3.63, 3.8) is 0 Å². The summed E-state index contributed by atoms with van der Waals surface area (Å²) in [5.74, 6) is 0. The van der Waals surface area contributed by atoms with Crippen LogP contribution in [0.5, 0.6) is 0 Å². The SMILES string of the molecule is CC1(O)C(Cl)=C(Cl)C(Cl)=C(Cl)C1Cl. The van der Waals surface area contributed by atoms with Crippen LogP contribution in [0.4, 0.5) is 0 Å². The Morgan fingerprint density at radius 1 is 1.15 bits per heavy atom. The van der Waals surface area contributed by atoms with Gasteiger partial charge in [-0.25, -0.2) is 0 Å². The molecule has 6 heteroatoms. The quantitative estimate of drug-likeness (QED) is 0.671. The lowest BCUT2D eigenvalue weighted by atomic mass is 9.96. The van der Waals surface area contributed by atoms with Gasteiger partial charge in [-0.1, -0.05) is 46.4 Å². The number of aliphatic hydroxyl groups is 1. The first-order valence-electron chi connectivity index (χ1n) is 3.28. The number of hydrogen-bond donors (Lipinski definition) is 1. The average Bonchev–Trinajstić information content (AvgIpc) is 2.09. The third-order valence-corrected chi connectivity index (χ3v) is 4.55. The fraction of sp³-hybridized carbons (Fsp3) is 0.429. The molecule has 0 saturated carbocycles. The summed E-state index contributed by atoms with van der Waals surface area (Å²) in [5, 5.41) is 9.13. The van der Waals surface area contributed by atoms with Crippen LogP contribution in [-0.2, 0) is 0 Å². The van der Waals surface area contributed by atoms with Crippen LogP contribution in [0.1, 0.15) is 6.92 Å². The Morgan fingerprint density at radius 2 is 1.62 bits per heavy atom. The van der Waals surface area contributed by atoms with E-state index in [9.17, 15) is 5.11 Å². The minimum atomic E-state index is -1.48. The van der Waals surface area contributed by atoms with Crippen molar-refractivity contribution < 1.29 is 5.11 Å². The smallest absolute Gasteiger partial charge is 0.120 e. The van der Waals surface area contributed by atoms with Gasteiger partial charge in [0.15, 0.2) is 0 Å². The molecule has 13 heavy (non-hydrogen) atoms. The molecule has 2 atom stereocenters. The van der Waals surface area contributed by atoms with Crippen LogP contribution in [-0.4, -0.2) is 16.1 Å². The molecule has 0 aromatic rings. The van der Waals surface area contributed by atoms with E-state index in [0.29, 0.717) is 0 Å². The van der Waals surface area contributed by atoms with E-state index in [1.54, 1.807) is 0 Å². The van der Waals surface area contributed by atoms with Crippen LogP contribution in [0, 0.1) is 0 Å². The van der Waals surface area contributed by atoms with E-state index >= 15 is 0 Å². The van der Waals surface area contributed by atoms with Crippen LogP contribution in [0.2, 0.25) is 0 Å². The lowest BCUT2D eigenvalue weighted by Crippen LogP contribution is -2.39. The number of rotatable bonds is 0. The second-order valence-corrected chi connectivity index (χ2v) is 4.78. The molecule has 1 aliphatic rings. The zero-order valence-electron chi connectivity index (χ0n) is 6.41. The maximum atomic E-state index is 9.79. The fourth-order valence-corrected chi connectivity index (χ4v) is 2.33. The summed E-state index contributed by atoms with van der Waals surface area (Å²) >= 11 is 28.7. The molecule has 1 nitrogen and oxygen atoms in total. The molecule has 0 radical (unpaired) electrons. The Labute approximate surface area is 101 Å². The second-order valence-electron chi connectivity index (χ2n) is 2.80. The lowest BCUT2D eigenvalue weighted by Gasteiger charge is -2.32. The summed E-state index contributed by atoms with van der Waals surface area (Å²) in [4.78, 5) is 0. The number of hydrogen-bond acceptors (Lipinski definition) is 1. The molecule has 1 aliphatic carbocycles. The molecule has 0 aromatic heterocycles. The van der Waals surface area contributed by atoms with Gasteiger partial charge in [0.05, 0.1) is 20.1 Å². The minimum absolute atomic E-state index is 0.00330. The molecule has 0 saturated heterocycles. The number of allylic oxidation sites excluding steroid dienone is 2. The maximum absolute atomic E-state index is 9.79. The molecule has 0 heterocycles. The van der Waals surface area contributed by atoms with Gasteiger partial charge in [0.2, 0.25) is 0 Å². The van der Waals surface area contributed by atoms with E-state index in [0.717, 1.165) is 0 Å². The van der Waals surface area contributed by atoms with Crippen molar-refractivity contribution in [2.75, 3.05) is 0 Å². The first kappa shape index (κ1) is 12.0. The Kier molecular flexibility index (Phi) is 3.50. The highest BCUT2D eigenvalue weighted by Crippen LogP contribution is 2.46. The first-order valence-corrected chi connectivity index (χ1v) is 5.22. The highest BCUT2D eigenvalue weighted by atomic mass is 35.5. The van der Waals surface area contributed by atoms with Gasteiger partial charge in [-0.2, -0.15) is 0 Å². The molecule has 0 amide bonds. The van der Waals surface area contributed by atoms with Crippen molar-refractivity contribution in [3.8, 4) is 0 Å². The number of alkyl halides is 1. The van der Waals surface area contributed by atoms with E-state index in [4.69, 9.17) is 58.0 Å². The van der Waals surface area contributed by atoms with Gasteiger partial charge in [0, 0.05) is 0 Å². The van der Waals surface area contributed by atoms with E-state index in [-0.39, 0.29) is 20.1 Å². The van der Waals surface area contributed by atoms with Gasteiger partial charge < -0.3 is 5.11 Å². The molecule has 0 spiro atoms. The minimum Gasteiger partial charge on any atom is -0.383 e. The third kappa shape index (κ3) is 1.83. The first-order chi connectivity index (χ1) is 5.80. The lowest BCUT2D eigenvalue weighted by molar-refractivity contribution is 0.110. The van der Waals surface area contributed by atoms with E-state index in [1.807, 2.05) is 0 Å². The molecule has 0 aromatic carbocycles. The highest BCUT2D eigenvalue weighted by Gasteiger charge is 2.42. The van der Waals surface area contributed by atoms with Crippen LogP contribution >= 0.6 is 58.0 Å². The Morgan fingerprint density at radius 3 is 2.08 bits per heavy atom. The molecule has 1 rings (SSSR count). The average molecular weight is 282 g/mol. The Balaban J connectivity index is 3.32. The predicted octanol–water partition coefficient (Wildman–Crippen LogP) is 3.74. The molecular formula is C7H5Cl5O. The maximum Gasteiger partial charge on any atom is 0.120 e. The summed E-state index contributed by atoms with van der Waals surface area (Å²) in [6.07, 6.45) is 0. The van der Waals surface area contributed by atoms with E-state index in [1.165, 1.54) is 6.92 Å². The van der Waals surface area contributed by atoms with Crippen LogP contribution in [0.3, 0.4) is 0 Å². The van der Waals surface area contributed by atoms with Crippen molar-refractivity contribution in [1.29, 1.82) is 0 Å². The molecule has 74 valence electrons. The van der Waals surface area contributed by atoms with Crippen molar-refractivity contribution in [2.45, 2.75) is 17.9 Å². The standard InChI is InChI=1S/C7H5Cl5O/c1-7(13)5(11)3(9)2(8)4(10)6(7)12/h5,13H,1H3. The van der Waals surface area contributed by atoms with E-state index in [2.05, 4.69) is 0 Å². The highest BCUT2D eigenvalue weighted by molar-refractivity contribution is 6.53. The third-order valence-electron chi connectivity index (χ3n) is 1.76. The molecule has 2 unspecified atom stereocenters. The number of halogens is 5. The van der Waals surface area contributed by atoms with Crippen molar-refractivity contribution in [1.82, 2.24) is 0 Å². The summed E-state index contributed by atoms with van der Waals surface area (Å²) in [6, 6.07) is 0. The topological polar surface area (TPSA) is 20.2 Å². The molecule has 0 fully saturated rings. The molecule has 1 N–H and O–H groups in total. The largest absolute Gasteiger partial charge is 0.383 e. The summed E-state index contributed by atoms with van der Waals surface area (Å²) < 4.78 is 0.